The van der Waals surface area contributed by atoms with E-state index in [4.69, 9.17) is 4.52 Å². The molecule has 0 saturated heterocycles. The summed E-state index contributed by atoms with van der Waals surface area (Å²) in [6, 6.07) is 11.2. The Balaban J connectivity index is 1.79. The minimum absolute atomic E-state index is 0.168. The Kier molecular flexibility index (Phi) is 5.74. The van der Waals surface area contributed by atoms with E-state index in [0.717, 1.165) is 26.3 Å². The van der Waals surface area contributed by atoms with Crippen molar-refractivity contribution in [2.24, 2.45) is 0 Å². The molecule has 1 N–H and O–H groups in total. The Bertz CT molecular complexity index is 891. The van der Waals surface area contributed by atoms with Gasteiger partial charge in [-0.2, -0.15) is 0 Å². The van der Waals surface area contributed by atoms with E-state index in [0.29, 0.717) is 16.3 Å². The molecule has 3 rings (SSSR count). The van der Waals surface area contributed by atoms with Crippen LogP contribution in [-0.4, -0.2) is 16.0 Å². The third kappa shape index (κ3) is 4.21. The molecule has 0 aliphatic rings. The fourth-order valence-electron chi connectivity index (χ4n) is 2.28. The number of nitrogens with one attached hydrogen (secondary N) is 1. The van der Waals surface area contributed by atoms with E-state index in [1.165, 1.54) is 11.8 Å². The molecular formula is C18H16IN3O2S. The molecule has 0 unspecified atom stereocenters. The number of benzene rings is 1. The molecule has 5 nitrogen and oxygen atoms in total. The van der Waals surface area contributed by atoms with Crippen LogP contribution in [0.5, 0.6) is 0 Å². The molecule has 0 aliphatic carbocycles. The van der Waals surface area contributed by atoms with Crippen molar-refractivity contribution in [2.45, 2.75) is 24.6 Å². The van der Waals surface area contributed by atoms with Gasteiger partial charge in [-0.25, -0.2) is 4.98 Å². The monoisotopic (exact) mass is 465 g/mol. The average Bonchev–Trinajstić information content (AvgIpc) is 2.93. The van der Waals surface area contributed by atoms with E-state index in [9.17, 15) is 4.79 Å². The fourth-order valence-corrected chi connectivity index (χ4v) is 3.95. The highest BCUT2D eigenvalue weighted by molar-refractivity contribution is 14.1. The smallest absolute Gasteiger partial charge is 0.258 e. The lowest BCUT2D eigenvalue weighted by Gasteiger charge is -2.10. The van der Waals surface area contributed by atoms with Crippen LogP contribution in [-0.2, 0) is 5.75 Å². The zero-order chi connectivity index (χ0) is 17.8. The second kappa shape index (κ2) is 8.01. The number of carbonyl (C=O) groups excluding carboxylic acids is 1. The Morgan fingerprint density at radius 2 is 2.04 bits per heavy atom. The minimum atomic E-state index is -0.168. The normalized spacial score (nSPS) is 10.7. The number of hydrogen-bond donors (Lipinski definition) is 1. The summed E-state index contributed by atoms with van der Waals surface area (Å²) in [7, 11) is 0. The van der Waals surface area contributed by atoms with Gasteiger partial charge in [-0.3, -0.25) is 4.79 Å². The number of halogens is 1. The highest BCUT2D eigenvalue weighted by Crippen LogP contribution is 2.28. The van der Waals surface area contributed by atoms with Gasteiger partial charge in [-0.15, -0.1) is 11.8 Å². The fraction of sp³-hybridized carbons (Fsp3) is 0.167. The van der Waals surface area contributed by atoms with Crippen LogP contribution >= 0.6 is 34.4 Å². The van der Waals surface area contributed by atoms with Crippen molar-refractivity contribution in [1.82, 2.24) is 10.1 Å². The standard InChI is InChI=1S/C18H16IN3O2S/c1-11-14(12(2)24-22-11)10-25-18-13(6-5-9-20-18)17(23)21-16-8-4-3-7-15(16)19/h3-9H,10H2,1-2H3,(H,21,23). The van der Waals surface area contributed by atoms with E-state index >= 15 is 0 Å². The van der Waals surface area contributed by atoms with Crippen molar-refractivity contribution in [2.75, 3.05) is 5.32 Å². The van der Waals surface area contributed by atoms with Crippen LogP contribution in [0.1, 0.15) is 27.4 Å². The summed E-state index contributed by atoms with van der Waals surface area (Å²) in [5, 5.41) is 7.60. The molecule has 0 fully saturated rings. The molecule has 0 aliphatic heterocycles. The highest BCUT2D eigenvalue weighted by Gasteiger charge is 2.16. The predicted molar refractivity (Wildman–Crippen MR) is 107 cm³/mol. The Morgan fingerprint density at radius 1 is 1.24 bits per heavy atom. The van der Waals surface area contributed by atoms with Gasteiger partial charge < -0.3 is 9.84 Å². The van der Waals surface area contributed by atoms with E-state index in [-0.39, 0.29) is 5.91 Å². The molecule has 0 saturated carbocycles. The number of aromatic nitrogens is 2. The van der Waals surface area contributed by atoms with Crippen molar-refractivity contribution < 1.29 is 9.32 Å². The third-order valence-corrected chi connectivity index (χ3v) is 5.64. The van der Waals surface area contributed by atoms with Gasteiger partial charge in [-0.1, -0.05) is 17.3 Å². The van der Waals surface area contributed by atoms with Gasteiger partial charge in [0.15, 0.2) is 0 Å². The quantitative estimate of drug-likeness (QED) is 0.432. The lowest BCUT2D eigenvalue weighted by atomic mass is 10.2. The first-order valence-electron chi connectivity index (χ1n) is 7.61. The second-order valence-corrected chi connectivity index (χ2v) is 7.51. The zero-order valence-corrected chi connectivity index (χ0v) is 16.7. The number of amides is 1. The Morgan fingerprint density at radius 3 is 2.76 bits per heavy atom. The number of aryl methyl sites for hydroxylation is 2. The largest absolute Gasteiger partial charge is 0.361 e. The summed E-state index contributed by atoms with van der Waals surface area (Å²) in [6.45, 7) is 3.80. The molecule has 0 radical (unpaired) electrons. The van der Waals surface area contributed by atoms with E-state index in [2.05, 4.69) is 38.0 Å². The van der Waals surface area contributed by atoms with Gasteiger partial charge in [0.05, 0.1) is 16.9 Å². The van der Waals surface area contributed by atoms with Gasteiger partial charge in [-0.05, 0) is 60.7 Å². The minimum Gasteiger partial charge on any atom is -0.361 e. The summed E-state index contributed by atoms with van der Waals surface area (Å²) in [6.07, 6.45) is 1.69. The number of pyridine rings is 1. The molecule has 0 bridgehead atoms. The molecule has 1 aromatic carbocycles. The van der Waals surface area contributed by atoms with Crippen LogP contribution in [0.15, 0.2) is 52.1 Å². The SMILES string of the molecule is Cc1noc(C)c1CSc1ncccc1C(=O)Nc1ccccc1I. The van der Waals surface area contributed by atoms with Gasteiger partial charge >= 0.3 is 0 Å². The van der Waals surface area contributed by atoms with Crippen LogP contribution in [0.3, 0.4) is 0 Å². The van der Waals surface area contributed by atoms with E-state index < -0.39 is 0 Å². The Hall–Kier alpha value is -1.87. The summed E-state index contributed by atoms with van der Waals surface area (Å²) in [4.78, 5) is 17.1. The maximum Gasteiger partial charge on any atom is 0.258 e. The highest BCUT2D eigenvalue weighted by atomic mass is 127. The number of thioether (sulfide) groups is 1. The van der Waals surface area contributed by atoms with Crippen molar-refractivity contribution in [3.05, 3.63) is 68.7 Å². The lowest BCUT2D eigenvalue weighted by molar-refractivity contribution is 0.102. The summed E-state index contributed by atoms with van der Waals surface area (Å²) in [5.41, 5.74) is 3.25. The van der Waals surface area contributed by atoms with Crippen LogP contribution < -0.4 is 5.32 Å². The zero-order valence-electron chi connectivity index (χ0n) is 13.7. The van der Waals surface area contributed by atoms with Crippen LogP contribution in [0.2, 0.25) is 0 Å². The molecule has 0 atom stereocenters. The molecule has 7 heteroatoms. The lowest BCUT2D eigenvalue weighted by Crippen LogP contribution is -2.14. The molecule has 1 amide bonds. The predicted octanol–water partition coefficient (Wildman–Crippen LogP) is 4.84. The first-order valence-corrected chi connectivity index (χ1v) is 9.68. The number of para-hydroxylation sites is 1. The molecule has 2 heterocycles. The first kappa shape index (κ1) is 17.9. The van der Waals surface area contributed by atoms with Crippen molar-refractivity contribution in [3.8, 4) is 0 Å². The van der Waals surface area contributed by atoms with Crippen molar-refractivity contribution in [1.29, 1.82) is 0 Å². The summed E-state index contributed by atoms with van der Waals surface area (Å²) in [5.74, 6) is 1.28. The molecule has 0 spiro atoms. The molecule has 25 heavy (non-hydrogen) atoms. The average molecular weight is 465 g/mol. The topological polar surface area (TPSA) is 68.0 Å². The van der Waals surface area contributed by atoms with Crippen LogP contribution in [0, 0.1) is 17.4 Å². The van der Waals surface area contributed by atoms with Gasteiger partial charge in [0.1, 0.15) is 10.8 Å². The maximum absolute atomic E-state index is 12.7. The van der Waals surface area contributed by atoms with Crippen LogP contribution in [0.4, 0.5) is 5.69 Å². The first-order chi connectivity index (χ1) is 12.1. The molecule has 128 valence electrons. The van der Waals surface area contributed by atoms with E-state index in [1.54, 1.807) is 18.3 Å². The Labute approximate surface area is 163 Å². The molecule has 2 aromatic heterocycles. The third-order valence-electron chi connectivity index (χ3n) is 3.67. The number of anilines is 1. The summed E-state index contributed by atoms with van der Waals surface area (Å²) >= 11 is 3.70. The number of nitrogens with zero attached hydrogens (tertiary/aromatic N) is 2. The van der Waals surface area contributed by atoms with Gasteiger partial charge in [0, 0.05) is 21.1 Å². The number of rotatable bonds is 5. The number of carbonyl (C=O) groups is 1. The van der Waals surface area contributed by atoms with E-state index in [1.807, 2.05) is 38.1 Å². The second-order valence-electron chi connectivity index (χ2n) is 5.38. The van der Waals surface area contributed by atoms with Crippen molar-refractivity contribution >= 4 is 45.9 Å². The van der Waals surface area contributed by atoms with Gasteiger partial charge in [0.25, 0.3) is 5.91 Å². The number of hydrogen-bond acceptors (Lipinski definition) is 5. The molecule has 3 aromatic rings. The van der Waals surface area contributed by atoms with Crippen LogP contribution in [0.25, 0.3) is 0 Å². The maximum atomic E-state index is 12.7. The van der Waals surface area contributed by atoms with Crippen molar-refractivity contribution in [3.63, 3.8) is 0 Å². The van der Waals surface area contributed by atoms with Gasteiger partial charge in [0.2, 0.25) is 0 Å². The summed E-state index contributed by atoms with van der Waals surface area (Å²) < 4.78 is 6.18. The molecular weight excluding hydrogens is 449 g/mol.